The second-order valence-corrected chi connectivity index (χ2v) is 8.59. The summed E-state index contributed by atoms with van der Waals surface area (Å²) in [5, 5.41) is 3.36. The van der Waals surface area contributed by atoms with E-state index < -0.39 is 0 Å². The van der Waals surface area contributed by atoms with Crippen molar-refractivity contribution in [1.82, 2.24) is 0 Å². The summed E-state index contributed by atoms with van der Waals surface area (Å²) in [7, 11) is -0.276. The molecule has 17 heavy (non-hydrogen) atoms. The van der Waals surface area contributed by atoms with Crippen LogP contribution in [-0.2, 0) is 0 Å². The van der Waals surface area contributed by atoms with Crippen LogP contribution in [0.3, 0.4) is 0 Å². The molecule has 1 aliphatic rings. The third-order valence-electron chi connectivity index (χ3n) is 4.39. The lowest BCUT2D eigenvalue weighted by Crippen LogP contribution is -2.24. The van der Waals surface area contributed by atoms with Crippen molar-refractivity contribution in [2.75, 3.05) is 0 Å². The van der Waals surface area contributed by atoms with Crippen LogP contribution >= 0.6 is 0 Å². The molecule has 1 aliphatic carbocycles. The van der Waals surface area contributed by atoms with Crippen LogP contribution in [-0.4, -0.2) is 9.52 Å². The normalized spacial score (nSPS) is 22.6. The highest BCUT2D eigenvalue weighted by Gasteiger charge is 2.41. The van der Waals surface area contributed by atoms with Gasteiger partial charge >= 0.3 is 0 Å². The van der Waals surface area contributed by atoms with Gasteiger partial charge in [-0.1, -0.05) is 74.0 Å². The van der Waals surface area contributed by atoms with E-state index in [1.165, 1.54) is 6.42 Å². The van der Waals surface area contributed by atoms with Gasteiger partial charge in [0.15, 0.2) is 0 Å². The van der Waals surface area contributed by atoms with Crippen molar-refractivity contribution in [3.05, 3.63) is 41.1 Å². The predicted octanol–water partition coefficient (Wildman–Crippen LogP) is 3.21. The summed E-state index contributed by atoms with van der Waals surface area (Å²) in [6.45, 7) is 12.0. The monoisotopic (exact) mass is 244 g/mol. The molecule has 92 valence electrons. The predicted molar refractivity (Wildman–Crippen MR) is 79.5 cm³/mol. The largest absolute Gasteiger partial charge is 0.0830 e. The van der Waals surface area contributed by atoms with Crippen LogP contribution < -0.4 is 5.19 Å². The highest BCUT2D eigenvalue weighted by Crippen LogP contribution is 2.51. The first-order valence-electron chi connectivity index (χ1n) is 6.57. The van der Waals surface area contributed by atoms with Crippen molar-refractivity contribution in [2.45, 2.75) is 41.0 Å². The van der Waals surface area contributed by atoms with Gasteiger partial charge < -0.3 is 0 Å². The summed E-state index contributed by atoms with van der Waals surface area (Å²) in [6.07, 6.45) is 1.31. The second-order valence-electron chi connectivity index (χ2n) is 6.71. The van der Waals surface area contributed by atoms with Crippen LogP contribution in [0.25, 0.3) is 0 Å². The maximum Gasteiger partial charge on any atom is 0.0830 e. The standard InChI is InChI=1S/C16H24Si/c1-12-14(16(4,5)11-15(12,2)3)17-13-9-7-6-8-10-13/h6-10H,11,17H2,1-5H3. The van der Waals surface area contributed by atoms with Crippen LogP contribution in [0.4, 0.5) is 0 Å². The Morgan fingerprint density at radius 2 is 1.53 bits per heavy atom. The Morgan fingerprint density at radius 1 is 0.941 bits per heavy atom. The van der Waals surface area contributed by atoms with Crippen LogP contribution in [0.1, 0.15) is 41.0 Å². The van der Waals surface area contributed by atoms with E-state index in [2.05, 4.69) is 65.0 Å². The van der Waals surface area contributed by atoms with Crippen molar-refractivity contribution in [2.24, 2.45) is 10.8 Å². The highest BCUT2D eigenvalue weighted by molar-refractivity contribution is 6.61. The van der Waals surface area contributed by atoms with Gasteiger partial charge in [-0.2, -0.15) is 0 Å². The maximum absolute atomic E-state index is 2.43. The summed E-state index contributed by atoms with van der Waals surface area (Å²) in [4.78, 5) is 0. The molecule has 0 bridgehead atoms. The van der Waals surface area contributed by atoms with Gasteiger partial charge in [-0.05, 0) is 24.2 Å². The van der Waals surface area contributed by atoms with Crippen molar-refractivity contribution in [3.8, 4) is 0 Å². The lowest BCUT2D eigenvalue weighted by atomic mass is 9.81. The molecule has 0 spiro atoms. The summed E-state index contributed by atoms with van der Waals surface area (Å²) >= 11 is 0. The second kappa shape index (κ2) is 4.13. The van der Waals surface area contributed by atoms with E-state index in [1.54, 1.807) is 16.0 Å². The van der Waals surface area contributed by atoms with Crippen LogP contribution in [0.5, 0.6) is 0 Å². The molecule has 2 rings (SSSR count). The minimum atomic E-state index is -0.276. The van der Waals surface area contributed by atoms with Gasteiger partial charge in [-0.15, -0.1) is 0 Å². The smallest absolute Gasteiger partial charge is 0.0776 e. The van der Waals surface area contributed by atoms with E-state index in [-0.39, 0.29) is 9.52 Å². The third kappa shape index (κ3) is 2.39. The molecule has 0 saturated carbocycles. The molecule has 0 radical (unpaired) electrons. The lowest BCUT2D eigenvalue weighted by molar-refractivity contribution is 0.321. The zero-order chi connectivity index (χ0) is 12.7. The molecule has 0 saturated heterocycles. The molecule has 0 aromatic heterocycles. The minimum Gasteiger partial charge on any atom is -0.0776 e. The molecule has 1 aromatic rings. The minimum absolute atomic E-state index is 0.276. The van der Waals surface area contributed by atoms with Gasteiger partial charge in [0.25, 0.3) is 0 Å². The van der Waals surface area contributed by atoms with E-state index in [1.807, 2.05) is 0 Å². The Hall–Kier alpha value is -0.823. The first kappa shape index (κ1) is 12.6. The number of allylic oxidation sites excluding steroid dienone is 2. The Labute approximate surface area is 108 Å². The van der Waals surface area contributed by atoms with E-state index in [9.17, 15) is 0 Å². The van der Waals surface area contributed by atoms with Crippen LogP contribution in [0.15, 0.2) is 41.1 Å². The van der Waals surface area contributed by atoms with Crippen LogP contribution in [0, 0.1) is 10.8 Å². The quantitative estimate of drug-likeness (QED) is 0.701. The molecule has 0 atom stereocenters. The Kier molecular flexibility index (Phi) is 3.07. The molecule has 1 aromatic carbocycles. The van der Waals surface area contributed by atoms with Crippen molar-refractivity contribution in [1.29, 1.82) is 0 Å². The zero-order valence-corrected chi connectivity index (χ0v) is 13.2. The van der Waals surface area contributed by atoms with Gasteiger partial charge in [0, 0.05) is 0 Å². The van der Waals surface area contributed by atoms with Gasteiger partial charge in [0.2, 0.25) is 0 Å². The fourth-order valence-corrected chi connectivity index (χ4v) is 5.70. The van der Waals surface area contributed by atoms with Crippen molar-refractivity contribution >= 4 is 14.7 Å². The van der Waals surface area contributed by atoms with Gasteiger partial charge in [-0.3, -0.25) is 0 Å². The Bertz CT molecular complexity index is 438. The van der Waals surface area contributed by atoms with E-state index >= 15 is 0 Å². The topological polar surface area (TPSA) is 0 Å². The molecular weight excluding hydrogens is 220 g/mol. The van der Waals surface area contributed by atoms with E-state index in [0.29, 0.717) is 10.8 Å². The lowest BCUT2D eigenvalue weighted by Gasteiger charge is -2.25. The third-order valence-corrected chi connectivity index (χ3v) is 7.11. The SMILES string of the molecule is CC1=C([SiH2]c2ccccc2)C(C)(C)CC1(C)C. The van der Waals surface area contributed by atoms with Gasteiger partial charge in [0.1, 0.15) is 0 Å². The molecule has 0 amide bonds. The molecule has 0 nitrogen and oxygen atoms in total. The molecule has 0 heterocycles. The summed E-state index contributed by atoms with van der Waals surface area (Å²) in [6, 6.07) is 11.1. The maximum atomic E-state index is 2.43. The molecular formula is C16H24Si. The van der Waals surface area contributed by atoms with Gasteiger partial charge in [0.05, 0.1) is 9.52 Å². The van der Waals surface area contributed by atoms with Gasteiger partial charge in [-0.25, -0.2) is 0 Å². The van der Waals surface area contributed by atoms with Crippen LogP contribution in [0.2, 0.25) is 0 Å². The first-order valence-corrected chi connectivity index (χ1v) is 7.99. The Morgan fingerprint density at radius 3 is 2.00 bits per heavy atom. The molecule has 0 aliphatic heterocycles. The average Bonchev–Trinajstić information content (AvgIpc) is 2.38. The Balaban J connectivity index is 2.34. The zero-order valence-electron chi connectivity index (χ0n) is 11.8. The molecule has 0 unspecified atom stereocenters. The average molecular weight is 244 g/mol. The number of rotatable bonds is 2. The first-order chi connectivity index (χ1) is 7.83. The number of hydrogen-bond acceptors (Lipinski definition) is 0. The fraction of sp³-hybridized carbons (Fsp3) is 0.500. The summed E-state index contributed by atoms with van der Waals surface area (Å²) in [5.41, 5.74) is 2.48. The summed E-state index contributed by atoms with van der Waals surface area (Å²) in [5.74, 6) is 0. The fourth-order valence-electron chi connectivity index (χ4n) is 3.43. The van der Waals surface area contributed by atoms with Crippen molar-refractivity contribution in [3.63, 3.8) is 0 Å². The molecule has 1 heteroatoms. The molecule has 0 N–H and O–H groups in total. The number of hydrogen-bond donors (Lipinski definition) is 0. The van der Waals surface area contributed by atoms with Crippen molar-refractivity contribution < 1.29 is 0 Å². The van der Waals surface area contributed by atoms with E-state index in [4.69, 9.17) is 0 Å². The van der Waals surface area contributed by atoms with E-state index in [0.717, 1.165) is 0 Å². The highest BCUT2D eigenvalue weighted by atomic mass is 28.2. The molecule has 0 fully saturated rings. The number of benzene rings is 1. The summed E-state index contributed by atoms with van der Waals surface area (Å²) < 4.78 is 0.